The van der Waals surface area contributed by atoms with Gasteiger partial charge < -0.3 is 20.5 Å². The Balaban J connectivity index is 0.000000641. The van der Waals surface area contributed by atoms with Crippen LogP contribution in [0.25, 0.3) is 0 Å². The fraction of sp³-hybridized carbons (Fsp3) is 0.226. The van der Waals surface area contributed by atoms with E-state index in [2.05, 4.69) is 10.6 Å². The largest absolute Gasteiger partial charge is 0.457 e. The van der Waals surface area contributed by atoms with Gasteiger partial charge in [-0.1, -0.05) is 54.6 Å². The molecule has 4 aromatic rings. The topological polar surface area (TPSA) is 142 Å². The van der Waals surface area contributed by atoms with Crippen LogP contribution in [0, 0.1) is 0 Å². The van der Waals surface area contributed by atoms with Crippen molar-refractivity contribution in [3.8, 4) is 11.5 Å². The number of nitrogens with two attached hydrogens (primary N) is 1. The number of nitrogens with one attached hydrogen (secondary N) is 1. The molecule has 2 atom stereocenters. The minimum absolute atomic E-state index is 0.225. The summed E-state index contributed by atoms with van der Waals surface area (Å²) in [5.41, 5.74) is 5.34. The number of thiophene rings is 1. The minimum Gasteiger partial charge on any atom is -0.457 e. The van der Waals surface area contributed by atoms with Gasteiger partial charge in [-0.15, -0.1) is 11.3 Å². The lowest BCUT2D eigenvalue weighted by Crippen LogP contribution is -2.62. The second-order valence-electron chi connectivity index (χ2n) is 10.1. The molecule has 1 fully saturated rings. The minimum atomic E-state index is -3.71. The monoisotopic (exact) mass is 622 g/mol. The van der Waals surface area contributed by atoms with E-state index in [4.69, 9.17) is 4.74 Å². The van der Waals surface area contributed by atoms with E-state index in [0.717, 1.165) is 22.7 Å². The summed E-state index contributed by atoms with van der Waals surface area (Å²) >= 11 is 1.22. The van der Waals surface area contributed by atoms with Gasteiger partial charge in [0.15, 0.2) is 0 Å². The molecule has 43 heavy (non-hydrogen) atoms. The predicted molar refractivity (Wildman–Crippen MR) is 167 cm³/mol. The molecule has 2 heterocycles. The first-order valence-corrected chi connectivity index (χ1v) is 15.8. The molecule has 12 heteroatoms. The molecular formula is C31H34N4O6S2. The first kappa shape index (κ1) is 31.7. The number of sulfonamides is 1. The summed E-state index contributed by atoms with van der Waals surface area (Å²) < 4.78 is 35.2. The van der Waals surface area contributed by atoms with E-state index in [0.29, 0.717) is 23.8 Å². The van der Waals surface area contributed by atoms with Crippen molar-refractivity contribution >= 4 is 39.5 Å². The van der Waals surface area contributed by atoms with E-state index in [-0.39, 0.29) is 12.8 Å². The molecule has 10 nitrogen and oxygen atoms in total. The smallest absolute Gasteiger partial charge is 0.318 e. The molecule has 1 aromatic heterocycles. The zero-order valence-corrected chi connectivity index (χ0v) is 25.2. The average Bonchev–Trinajstić information content (AvgIpc) is 3.55. The van der Waals surface area contributed by atoms with Crippen LogP contribution in [0.4, 0.5) is 10.5 Å². The molecule has 5 rings (SSSR count). The molecule has 4 N–H and O–H groups in total. The molecule has 0 aliphatic carbocycles. The van der Waals surface area contributed by atoms with Gasteiger partial charge in [-0.25, -0.2) is 13.2 Å². The van der Waals surface area contributed by atoms with Crippen LogP contribution >= 0.6 is 11.3 Å². The Bertz CT molecular complexity index is 1570. The number of amides is 3. The van der Waals surface area contributed by atoms with E-state index in [1.165, 1.54) is 11.3 Å². The summed E-state index contributed by atoms with van der Waals surface area (Å²) in [6, 6.07) is 29.4. The number of urea groups is 1. The van der Waals surface area contributed by atoms with Gasteiger partial charge in [-0.3, -0.25) is 10.1 Å². The number of para-hydroxylation sites is 1. The SMILES string of the molecule is CC1(CC(O)c2ccccc2)CN(c2ccc(Oc3ccccc3)cc2)CCN1S(=O)(=O)c1cccs1.NC(=O)NC=O. The Labute approximate surface area is 255 Å². The fourth-order valence-corrected chi connectivity index (χ4v) is 7.86. The van der Waals surface area contributed by atoms with Crippen molar-refractivity contribution in [3.63, 3.8) is 0 Å². The molecule has 0 spiro atoms. The highest BCUT2D eigenvalue weighted by Gasteiger charge is 2.46. The van der Waals surface area contributed by atoms with Gasteiger partial charge in [-0.2, -0.15) is 4.31 Å². The summed E-state index contributed by atoms with van der Waals surface area (Å²) in [7, 11) is -3.71. The number of ether oxygens (including phenoxy) is 1. The summed E-state index contributed by atoms with van der Waals surface area (Å²) in [6.07, 6.45) is -0.302. The summed E-state index contributed by atoms with van der Waals surface area (Å²) in [4.78, 5) is 20.9. The maximum absolute atomic E-state index is 13.7. The van der Waals surface area contributed by atoms with Crippen LogP contribution in [0.1, 0.15) is 25.0 Å². The first-order chi connectivity index (χ1) is 20.6. The highest BCUT2D eigenvalue weighted by molar-refractivity contribution is 7.91. The van der Waals surface area contributed by atoms with Crippen LogP contribution in [0.5, 0.6) is 11.5 Å². The van der Waals surface area contributed by atoms with Crippen molar-refractivity contribution in [3.05, 3.63) is 108 Å². The molecule has 2 unspecified atom stereocenters. The third-order valence-corrected chi connectivity index (χ3v) is 10.4. The number of hydrogen-bond donors (Lipinski definition) is 3. The number of aliphatic hydroxyl groups excluding tert-OH is 1. The zero-order chi connectivity index (χ0) is 30.9. The van der Waals surface area contributed by atoms with Gasteiger partial charge in [0.25, 0.3) is 10.0 Å². The summed E-state index contributed by atoms with van der Waals surface area (Å²) in [6.45, 7) is 3.24. The van der Waals surface area contributed by atoms with Gasteiger partial charge in [0, 0.05) is 25.3 Å². The highest BCUT2D eigenvalue weighted by atomic mass is 32.2. The molecule has 226 valence electrons. The number of rotatable bonds is 9. The Morgan fingerprint density at radius 1 is 1.00 bits per heavy atom. The number of benzene rings is 3. The van der Waals surface area contributed by atoms with E-state index in [1.54, 1.807) is 27.1 Å². The Morgan fingerprint density at radius 3 is 2.19 bits per heavy atom. The standard InChI is InChI=1S/C29H30N2O4S2.C2H4N2O2/c1-29(21-27(32)23-9-4-2-5-10-23)22-30(18-19-31(29)37(33,34)28-13-8-20-36-28)24-14-16-26(17-15-24)35-25-11-6-3-7-12-25;3-2(6)4-1-5/h2-17,20,27,32H,18-19,21-22H2,1H3;1H,(H3,3,4,5,6). The molecular weight excluding hydrogens is 588 g/mol. The van der Waals surface area contributed by atoms with Gasteiger partial charge in [0.05, 0.1) is 11.6 Å². The van der Waals surface area contributed by atoms with E-state index in [9.17, 15) is 23.1 Å². The van der Waals surface area contributed by atoms with Crippen molar-refractivity contribution in [2.75, 3.05) is 24.5 Å². The number of carbonyl (C=O) groups is 2. The molecule has 0 radical (unpaired) electrons. The zero-order valence-electron chi connectivity index (χ0n) is 23.6. The second-order valence-corrected chi connectivity index (χ2v) is 13.1. The predicted octanol–water partition coefficient (Wildman–Crippen LogP) is 4.74. The van der Waals surface area contributed by atoms with Crippen LogP contribution in [-0.4, -0.2) is 55.4 Å². The van der Waals surface area contributed by atoms with Gasteiger partial charge >= 0.3 is 6.03 Å². The molecule has 1 aliphatic rings. The maximum atomic E-state index is 13.7. The van der Waals surface area contributed by atoms with Crippen molar-refractivity contribution in [2.45, 2.75) is 29.2 Å². The maximum Gasteiger partial charge on any atom is 0.318 e. The van der Waals surface area contributed by atoms with Crippen molar-refractivity contribution in [2.24, 2.45) is 5.73 Å². The fourth-order valence-electron chi connectivity index (χ4n) is 4.98. The van der Waals surface area contributed by atoms with E-state index in [1.807, 2.05) is 91.9 Å². The number of primary amides is 1. The number of hydrogen-bond acceptors (Lipinski definition) is 8. The quantitative estimate of drug-likeness (QED) is 0.229. The number of piperazine rings is 1. The molecule has 1 aliphatic heterocycles. The number of imide groups is 1. The van der Waals surface area contributed by atoms with Crippen LogP contribution < -0.4 is 20.7 Å². The lowest BCUT2D eigenvalue weighted by Gasteiger charge is -2.49. The van der Waals surface area contributed by atoms with Gasteiger partial charge in [0.1, 0.15) is 15.7 Å². The van der Waals surface area contributed by atoms with Crippen LogP contribution in [0.15, 0.2) is 107 Å². The van der Waals surface area contributed by atoms with Crippen molar-refractivity contribution < 1.29 is 27.9 Å². The lowest BCUT2D eigenvalue weighted by atomic mass is 9.88. The number of anilines is 1. The molecule has 0 saturated carbocycles. The van der Waals surface area contributed by atoms with Gasteiger partial charge in [0.2, 0.25) is 6.41 Å². The third kappa shape index (κ3) is 8.20. The van der Waals surface area contributed by atoms with Crippen molar-refractivity contribution in [1.82, 2.24) is 9.62 Å². The van der Waals surface area contributed by atoms with Gasteiger partial charge in [-0.05, 0) is 66.8 Å². The Morgan fingerprint density at radius 2 is 1.63 bits per heavy atom. The normalized spacial score (nSPS) is 17.7. The van der Waals surface area contributed by atoms with Crippen LogP contribution in [0.2, 0.25) is 0 Å². The molecule has 1 saturated heterocycles. The first-order valence-electron chi connectivity index (χ1n) is 13.5. The average molecular weight is 623 g/mol. The van der Waals surface area contributed by atoms with E-state index < -0.39 is 27.7 Å². The lowest BCUT2D eigenvalue weighted by molar-refractivity contribution is -0.108. The molecule has 0 bridgehead atoms. The second kappa shape index (κ2) is 14.3. The number of nitrogens with zero attached hydrogens (tertiary/aromatic N) is 2. The molecule has 3 aromatic carbocycles. The number of carbonyl (C=O) groups excluding carboxylic acids is 2. The Hall–Kier alpha value is -4.23. The molecule has 3 amide bonds. The number of aliphatic hydroxyl groups is 1. The third-order valence-electron chi connectivity index (χ3n) is 6.95. The van der Waals surface area contributed by atoms with E-state index >= 15 is 0 Å². The van der Waals surface area contributed by atoms with Crippen LogP contribution in [-0.2, 0) is 14.8 Å². The Kier molecular flexibility index (Phi) is 10.5. The summed E-state index contributed by atoms with van der Waals surface area (Å²) in [5.74, 6) is 1.50. The van der Waals surface area contributed by atoms with Crippen LogP contribution in [0.3, 0.4) is 0 Å². The highest BCUT2D eigenvalue weighted by Crippen LogP contribution is 2.38. The van der Waals surface area contributed by atoms with Crippen molar-refractivity contribution in [1.29, 1.82) is 0 Å². The summed E-state index contributed by atoms with van der Waals surface area (Å²) in [5, 5.41) is 14.6.